The minimum absolute atomic E-state index is 0.0913. The van der Waals surface area contributed by atoms with E-state index in [1.807, 2.05) is 4.90 Å². The van der Waals surface area contributed by atoms with Crippen molar-refractivity contribution in [2.24, 2.45) is 5.92 Å². The first-order valence-electron chi connectivity index (χ1n) is 7.98. The van der Waals surface area contributed by atoms with Crippen LogP contribution in [0.3, 0.4) is 0 Å². The van der Waals surface area contributed by atoms with Crippen molar-refractivity contribution in [2.75, 3.05) is 18.0 Å². The van der Waals surface area contributed by atoms with E-state index in [9.17, 15) is 9.59 Å². The summed E-state index contributed by atoms with van der Waals surface area (Å²) < 4.78 is 0. The van der Waals surface area contributed by atoms with Gasteiger partial charge in [0.25, 0.3) is 5.56 Å². The zero-order chi connectivity index (χ0) is 15.4. The molecular formula is C16H22N4O2. The van der Waals surface area contributed by atoms with Crippen LogP contribution >= 0.6 is 0 Å². The molecule has 0 bridgehead atoms. The molecule has 2 aliphatic rings. The summed E-state index contributed by atoms with van der Waals surface area (Å²) in [5, 5.41) is 3.15. The van der Waals surface area contributed by atoms with E-state index < -0.39 is 0 Å². The van der Waals surface area contributed by atoms with E-state index in [4.69, 9.17) is 0 Å². The summed E-state index contributed by atoms with van der Waals surface area (Å²) in [6, 6.07) is 0.0913. The Kier molecular flexibility index (Phi) is 4.56. The molecule has 1 saturated heterocycles. The van der Waals surface area contributed by atoms with E-state index in [2.05, 4.69) is 27.4 Å². The molecule has 0 spiro atoms. The van der Waals surface area contributed by atoms with E-state index >= 15 is 0 Å². The summed E-state index contributed by atoms with van der Waals surface area (Å²) in [4.78, 5) is 33.0. The smallest absolute Gasteiger partial charge is 0.290 e. The third-order valence-electron chi connectivity index (χ3n) is 4.40. The highest BCUT2D eigenvalue weighted by Crippen LogP contribution is 2.20. The fraction of sp³-hybridized carbons (Fsp3) is 0.562. The summed E-state index contributed by atoms with van der Waals surface area (Å²) in [5.41, 5.74) is -0.174. The number of carbonyl (C=O) groups is 1. The number of carbonyl (C=O) groups excluding carboxylic acids is 1. The molecule has 1 aromatic rings. The number of hydrogen-bond acceptors (Lipinski definition) is 4. The Balaban J connectivity index is 1.61. The highest BCUT2D eigenvalue weighted by atomic mass is 16.2. The molecule has 3 rings (SSSR count). The molecule has 0 aromatic carbocycles. The monoisotopic (exact) mass is 302 g/mol. The Morgan fingerprint density at radius 3 is 3.05 bits per heavy atom. The lowest BCUT2D eigenvalue weighted by atomic mass is 9.93. The largest absolute Gasteiger partial charge is 0.351 e. The van der Waals surface area contributed by atoms with Gasteiger partial charge in [-0.3, -0.25) is 9.59 Å². The molecular weight excluding hydrogens is 280 g/mol. The maximum Gasteiger partial charge on any atom is 0.290 e. The van der Waals surface area contributed by atoms with Crippen LogP contribution in [0.5, 0.6) is 0 Å². The SMILES string of the molecule is O=C(N[C@H]1CCCN(c2ncc[nH]c2=O)C1)[C@H]1CC=CCC1. The van der Waals surface area contributed by atoms with E-state index in [-0.39, 0.29) is 23.4 Å². The summed E-state index contributed by atoms with van der Waals surface area (Å²) in [5.74, 6) is 0.687. The third-order valence-corrected chi connectivity index (χ3v) is 4.40. The molecule has 0 radical (unpaired) electrons. The molecule has 118 valence electrons. The van der Waals surface area contributed by atoms with E-state index in [0.717, 1.165) is 38.6 Å². The van der Waals surface area contributed by atoms with Crippen LogP contribution in [0, 0.1) is 5.92 Å². The Morgan fingerprint density at radius 1 is 1.36 bits per heavy atom. The number of rotatable bonds is 3. The molecule has 0 saturated carbocycles. The van der Waals surface area contributed by atoms with Crippen molar-refractivity contribution in [3.05, 3.63) is 34.9 Å². The maximum atomic E-state index is 12.3. The molecule has 2 N–H and O–H groups in total. The first-order chi connectivity index (χ1) is 10.7. The molecule has 2 heterocycles. The van der Waals surface area contributed by atoms with Gasteiger partial charge in [-0.1, -0.05) is 12.2 Å². The van der Waals surface area contributed by atoms with Crippen LogP contribution in [0.2, 0.25) is 0 Å². The molecule has 6 heteroatoms. The number of amides is 1. The van der Waals surface area contributed by atoms with Crippen LogP contribution in [0.15, 0.2) is 29.3 Å². The number of allylic oxidation sites excluding steroid dienone is 2. The predicted octanol–water partition coefficient (Wildman–Crippen LogP) is 1.21. The van der Waals surface area contributed by atoms with Crippen LogP contribution in [0.4, 0.5) is 5.82 Å². The minimum Gasteiger partial charge on any atom is -0.351 e. The predicted molar refractivity (Wildman–Crippen MR) is 84.7 cm³/mol. The third kappa shape index (κ3) is 3.37. The van der Waals surface area contributed by atoms with Gasteiger partial charge in [0.2, 0.25) is 5.91 Å². The molecule has 1 fully saturated rings. The second-order valence-electron chi connectivity index (χ2n) is 6.02. The second kappa shape index (κ2) is 6.77. The average molecular weight is 302 g/mol. The van der Waals surface area contributed by atoms with E-state index in [0.29, 0.717) is 12.4 Å². The standard InChI is InChI=1S/C16H22N4O2/c21-15(12-5-2-1-3-6-12)19-13-7-4-10-20(11-13)14-16(22)18-9-8-17-14/h1-2,8-9,12-13H,3-7,10-11H2,(H,18,22)(H,19,21)/t12-,13-/m0/s1. The Labute approximate surface area is 129 Å². The van der Waals surface area contributed by atoms with Gasteiger partial charge >= 0.3 is 0 Å². The quantitative estimate of drug-likeness (QED) is 0.823. The summed E-state index contributed by atoms with van der Waals surface area (Å²) in [6.07, 6.45) is 12.0. The van der Waals surface area contributed by atoms with Crippen LogP contribution in [-0.4, -0.2) is 35.0 Å². The summed E-state index contributed by atoms with van der Waals surface area (Å²) >= 11 is 0. The van der Waals surface area contributed by atoms with Crippen molar-refractivity contribution in [3.8, 4) is 0 Å². The lowest BCUT2D eigenvalue weighted by molar-refractivity contribution is -0.126. The molecule has 1 amide bonds. The van der Waals surface area contributed by atoms with Gasteiger partial charge in [0, 0.05) is 37.4 Å². The number of aromatic nitrogens is 2. The van der Waals surface area contributed by atoms with Gasteiger partial charge in [-0.2, -0.15) is 0 Å². The fourth-order valence-corrected chi connectivity index (χ4v) is 3.21. The van der Waals surface area contributed by atoms with Gasteiger partial charge in [0.1, 0.15) is 0 Å². The summed E-state index contributed by atoms with van der Waals surface area (Å²) in [6.45, 7) is 1.45. The van der Waals surface area contributed by atoms with Crippen LogP contribution in [0.1, 0.15) is 32.1 Å². The van der Waals surface area contributed by atoms with Crippen LogP contribution in [0.25, 0.3) is 0 Å². The molecule has 2 atom stereocenters. The molecule has 22 heavy (non-hydrogen) atoms. The van der Waals surface area contributed by atoms with Gasteiger partial charge in [0.05, 0.1) is 0 Å². The number of piperidine rings is 1. The van der Waals surface area contributed by atoms with Gasteiger partial charge < -0.3 is 15.2 Å². The molecule has 1 aliphatic heterocycles. The van der Waals surface area contributed by atoms with Crippen molar-refractivity contribution in [3.63, 3.8) is 0 Å². The van der Waals surface area contributed by atoms with Crippen molar-refractivity contribution < 1.29 is 4.79 Å². The first kappa shape index (κ1) is 14.8. The minimum atomic E-state index is -0.174. The lowest BCUT2D eigenvalue weighted by Gasteiger charge is -2.34. The van der Waals surface area contributed by atoms with Gasteiger partial charge in [-0.15, -0.1) is 0 Å². The average Bonchev–Trinajstić information content (AvgIpc) is 2.56. The van der Waals surface area contributed by atoms with Gasteiger partial charge in [-0.05, 0) is 32.1 Å². The Hall–Kier alpha value is -2.11. The van der Waals surface area contributed by atoms with Crippen molar-refractivity contribution in [1.82, 2.24) is 15.3 Å². The lowest BCUT2D eigenvalue weighted by Crippen LogP contribution is -2.50. The van der Waals surface area contributed by atoms with Crippen LogP contribution < -0.4 is 15.8 Å². The number of aromatic amines is 1. The first-order valence-corrected chi connectivity index (χ1v) is 7.98. The Morgan fingerprint density at radius 2 is 2.27 bits per heavy atom. The van der Waals surface area contributed by atoms with Crippen molar-refractivity contribution in [2.45, 2.75) is 38.1 Å². The zero-order valence-electron chi connectivity index (χ0n) is 12.6. The number of nitrogens with zero attached hydrogens (tertiary/aromatic N) is 2. The molecule has 1 aromatic heterocycles. The number of H-pyrrole nitrogens is 1. The molecule has 0 unspecified atom stereocenters. The van der Waals surface area contributed by atoms with E-state index in [1.54, 1.807) is 6.20 Å². The number of hydrogen-bond donors (Lipinski definition) is 2. The van der Waals surface area contributed by atoms with Crippen LogP contribution in [-0.2, 0) is 4.79 Å². The molecule has 6 nitrogen and oxygen atoms in total. The Bertz CT molecular complexity index is 610. The fourth-order valence-electron chi connectivity index (χ4n) is 3.21. The second-order valence-corrected chi connectivity index (χ2v) is 6.02. The van der Waals surface area contributed by atoms with Gasteiger partial charge in [-0.25, -0.2) is 4.98 Å². The summed E-state index contributed by atoms with van der Waals surface area (Å²) in [7, 11) is 0. The van der Waals surface area contributed by atoms with Crippen molar-refractivity contribution >= 4 is 11.7 Å². The number of nitrogens with one attached hydrogen (secondary N) is 2. The highest BCUT2D eigenvalue weighted by Gasteiger charge is 2.26. The zero-order valence-corrected chi connectivity index (χ0v) is 12.6. The maximum absolute atomic E-state index is 12.3. The van der Waals surface area contributed by atoms with E-state index in [1.165, 1.54) is 6.20 Å². The normalized spacial score (nSPS) is 25.0. The highest BCUT2D eigenvalue weighted by molar-refractivity contribution is 5.79. The molecule has 1 aliphatic carbocycles. The topological polar surface area (TPSA) is 78.1 Å². The van der Waals surface area contributed by atoms with Gasteiger partial charge in [0.15, 0.2) is 5.82 Å². The number of anilines is 1. The van der Waals surface area contributed by atoms with Crippen molar-refractivity contribution in [1.29, 1.82) is 0 Å².